The summed E-state index contributed by atoms with van der Waals surface area (Å²) in [6, 6.07) is 0. The Balaban J connectivity index is 1.59. The standard InChI is InChI=1S/C13H25NO3S/c15-18(16,11-12-4-1-2-5-12)9-7-14-10-13-6-3-8-17-13/h12-14H,1-11H2. The number of rotatable bonds is 7. The fraction of sp³-hybridized carbons (Fsp3) is 1.00. The first-order valence-corrected chi connectivity index (χ1v) is 9.00. The largest absolute Gasteiger partial charge is 0.377 e. The second-order valence-corrected chi connectivity index (χ2v) is 7.83. The molecule has 0 radical (unpaired) electrons. The van der Waals surface area contributed by atoms with Gasteiger partial charge in [-0.2, -0.15) is 0 Å². The molecule has 1 heterocycles. The molecule has 1 aliphatic carbocycles. The van der Waals surface area contributed by atoms with Crippen LogP contribution in [0.4, 0.5) is 0 Å². The minimum atomic E-state index is -2.86. The zero-order chi connectivity index (χ0) is 12.8. The molecule has 0 bridgehead atoms. The molecule has 4 nitrogen and oxygen atoms in total. The van der Waals surface area contributed by atoms with E-state index >= 15 is 0 Å². The number of nitrogens with one attached hydrogen (secondary N) is 1. The lowest BCUT2D eigenvalue weighted by atomic mass is 10.1. The van der Waals surface area contributed by atoms with Gasteiger partial charge in [0, 0.05) is 19.7 Å². The molecule has 0 amide bonds. The monoisotopic (exact) mass is 275 g/mol. The van der Waals surface area contributed by atoms with Crippen LogP contribution in [0.2, 0.25) is 0 Å². The molecule has 2 fully saturated rings. The maximum Gasteiger partial charge on any atom is 0.151 e. The number of sulfone groups is 1. The van der Waals surface area contributed by atoms with E-state index in [9.17, 15) is 8.42 Å². The fourth-order valence-electron chi connectivity index (χ4n) is 2.92. The molecule has 0 aromatic carbocycles. The third-order valence-corrected chi connectivity index (χ3v) is 5.76. The van der Waals surface area contributed by atoms with Gasteiger partial charge < -0.3 is 10.1 Å². The number of ether oxygens (including phenoxy) is 1. The minimum absolute atomic E-state index is 0.274. The van der Waals surface area contributed by atoms with Gasteiger partial charge in [0.05, 0.1) is 17.6 Å². The fourth-order valence-corrected chi connectivity index (χ4v) is 4.59. The van der Waals surface area contributed by atoms with Gasteiger partial charge >= 0.3 is 0 Å². The number of hydrogen-bond donors (Lipinski definition) is 1. The average molecular weight is 275 g/mol. The topological polar surface area (TPSA) is 55.4 Å². The number of hydrogen-bond acceptors (Lipinski definition) is 4. The van der Waals surface area contributed by atoms with Crippen molar-refractivity contribution < 1.29 is 13.2 Å². The quantitative estimate of drug-likeness (QED) is 0.713. The smallest absolute Gasteiger partial charge is 0.151 e. The molecule has 2 aliphatic rings. The maximum atomic E-state index is 11.9. The van der Waals surface area contributed by atoms with E-state index in [1.165, 1.54) is 12.8 Å². The van der Waals surface area contributed by atoms with Gasteiger partial charge in [-0.25, -0.2) is 8.42 Å². The molecular weight excluding hydrogens is 250 g/mol. The van der Waals surface area contributed by atoms with Crippen molar-refractivity contribution in [3.8, 4) is 0 Å². The van der Waals surface area contributed by atoms with Crippen molar-refractivity contribution in [1.82, 2.24) is 5.32 Å². The van der Waals surface area contributed by atoms with Crippen LogP contribution in [0, 0.1) is 5.92 Å². The first-order valence-electron chi connectivity index (χ1n) is 7.18. The third kappa shape index (κ3) is 4.86. The second kappa shape index (κ2) is 6.87. The molecule has 0 aromatic heterocycles. The van der Waals surface area contributed by atoms with Crippen LogP contribution in [0.25, 0.3) is 0 Å². The lowest BCUT2D eigenvalue weighted by molar-refractivity contribution is 0.110. The summed E-state index contributed by atoms with van der Waals surface area (Å²) in [6.45, 7) is 2.21. The van der Waals surface area contributed by atoms with Crippen molar-refractivity contribution in [2.24, 2.45) is 5.92 Å². The van der Waals surface area contributed by atoms with E-state index in [0.717, 1.165) is 38.8 Å². The molecule has 1 saturated carbocycles. The van der Waals surface area contributed by atoms with Gasteiger partial charge in [-0.15, -0.1) is 0 Å². The zero-order valence-corrected chi connectivity index (χ0v) is 11.9. The van der Waals surface area contributed by atoms with Crippen LogP contribution in [-0.2, 0) is 14.6 Å². The zero-order valence-electron chi connectivity index (χ0n) is 11.1. The van der Waals surface area contributed by atoms with E-state index in [-0.39, 0.29) is 5.75 Å². The Hall–Kier alpha value is -0.130. The summed E-state index contributed by atoms with van der Waals surface area (Å²) in [7, 11) is -2.86. The Bertz CT molecular complexity index is 330. The van der Waals surface area contributed by atoms with Gasteiger partial charge in [0.15, 0.2) is 9.84 Å². The summed E-state index contributed by atoms with van der Waals surface area (Å²) in [6.07, 6.45) is 7.14. The molecule has 18 heavy (non-hydrogen) atoms. The van der Waals surface area contributed by atoms with E-state index < -0.39 is 9.84 Å². The summed E-state index contributed by atoms with van der Waals surface area (Å²) in [5.41, 5.74) is 0. The molecule has 0 spiro atoms. The van der Waals surface area contributed by atoms with Crippen LogP contribution in [0.1, 0.15) is 38.5 Å². The summed E-state index contributed by atoms with van der Waals surface area (Å²) in [4.78, 5) is 0. The van der Waals surface area contributed by atoms with E-state index in [4.69, 9.17) is 4.74 Å². The molecule has 1 aliphatic heterocycles. The summed E-state index contributed by atoms with van der Waals surface area (Å²) in [5.74, 6) is 1.10. The van der Waals surface area contributed by atoms with Crippen LogP contribution in [0.5, 0.6) is 0 Å². The Morgan fingerprint density at radius 3 is 2.56 bits per heavy atom. The highest BCUT2D eigenvalue weighted by Gasteiger charge is 2.22. The van der Waals surface area contributed by atoms with E-state index in [1.807, 2.05) is 0 Å². The first-order chi connectivity index (χ1) is 8.66. The van der Waals surface area contributed by atoms with Crippen molar-refractivity contribution in [2.75, 3.05) is 31.2 Å². The highest BCUT2D eigenvalue weighted by atomic mass is 32.2. The SMILES string of the molecule is O=S(=O)(CCNCC1CCCO1)CC1CCCC1. The van der Waals surface area contributed by atoms with E-state index in [0.29, 0.717) is 24.3 Å². The lowest BCUT2D eigenvalue weighted by Crippen LogP contribution is -2.31. The van der Waals surface area contributed by atoms with Gasteiger partial charge in [0.1, 0.15) is 0 Å². The molecule has 1 N–H and O–H groups in total. The second-order valence-electron chi connectivity index (χ2n) is 5.60. The van der Waals surface area contributed by atoms with Crippen molar-refractivity contribution in [2.45, 2.75) is 44.6 Å². The van der Waals surface area contributed by atoms with Crippen molar-refractivity contribution in [1.29, 1.82) is 0 Å². The average Bonchev–Trinajstić information content (AvgIpc) is 2.96. The van der Waals surface area contributed by atoms with Crippen LogP contribution in [-0.4, -0.2) is 45.7 Å². The molecule has 2 rings (SSSR count). The Kier molecular flexibility index (Phi) is 5.45. The maximum absolute atomic E-state index is 11.9. The Morgan fingerprint density at radius 1 is 1.11 bits per heavy atom. The molecule has 1 saturated heterocycles. The summed E-state index contributed by atoms with van der Waals surface area (Å²) < 4.78 is 29.3. The molecule has 1 atom stereocenters. The van der Waals surface area contributed by atoms with Crippen LogP contribution < -0.4 is 5.32 Å². The normalized spacial score (nSPS) is 25.9. The predicted octanol–water partition coefficient (Wildman–Crippen LogP) is 1.36. The molecule has 106 valence electrons. The predicted molar refractivity (Wildman–Crippen MR) is 72.5 cm³/mol. The molecule has 5 heteroatoms. The van der Waals surface area contributed by atoms with E-state index in [2.05, 4.69) is 5.32 Å². The Morgan fingerprint density at radius 2 is 1.89 bits per heavy atom. The summed E-state index contributed by atoms with van der Waals surface area (Å²) >= 11 is 0. The first kappa shape index (κ1) is 14.3. The van der Waals surface area contributed by atoms with Crippen molar-refractivity contribution in [3.63, 3.8) is 0 Å². The van der Waals surface area contributed by atoms with Gasteiger partial charge in [0.25, 0.3) is 0 Å². The lowest BCUT2D eigenvalue weighted by Gasteiger charge is -2.12. The van der Waals surface area contributed by atoms with Gasteiger partial charge in [-0.05, 0) is 31.6 Å². The van der Waals surface area contributed by atoms with Gasteiger partial charge in [0.2, 0.25) is 0 Å². The molecule has 1 unspecified atom stereocenters. The summed E-state index contributed by atoms with van der Waals surface area (Å²) in [5, 5.41) is 3.20. The van der Waals surface area contributed by atoms with E-state index in [1.54, 1.807) is 0 Å². The molecular formula is C13H25NO3S. The van der Waals surface area contributed by atoms with Crippen molar-refractivity contribution >= 4 is 9.84 Å². The molecule has 0 aromatic rings. The van der Waals surface area contributed by atoms with Crippen LogP contribution in [0.15, 0.2) is 0 Å². The third-order valence-electron chi connectivity index (χ3n) is 3.95. The minimum Gasteiger partial charge on any atom is -0.377 e. The Labute approximate surface area is 110 Å². The highest BCUT2D eigenvalue weighted by molar-refractivity contribution is 7.91. The highest BCUT2D eigenvalue weighted by Crippen LogP contribution is 2.26. The van der Waals surface area contributed by atoms with Gasteiger partial charge in [-0.3, -0.25) is 0 Å². The van der Waals surface area contributed by atoms with Crippen LogP contribution in [0.3, 0.4) is 0 Å². The van der Waals surface area contributed by atoms with Gasteiger partial charge in [-0.1, -0.05) is 12.8 Å². The van der Waals surface area contributed by atoms with Crippen molar-refractivity contribution in [3.05, 3.63) is 0 Å². The van der Waals surface area contributed by atoms with Crippen LogP contribution >= 0.6 is 0 Å².